The minimum Gasteiger partial charge on any atom is -0.329 e. The molecule has 19 heavy (non-hydrogen) atoms. The third kappa shape index (κ3) is 3.29. The smallest absolute Gasteiger partial charge is 0.282 e. The average Bonchev–Trinajstić information content (AvgIpc) is 2.64. The molecule has 0 aromatic carbocycles. The van der Waals surface area contributed by atoms with E-state index in [9.17, 15) is 8.42 Å². The molecule has 2 atom stereocenters. The van der Waals surface area contributed by atoms with Crippen LogP contribution in [0.5, 0.6) is 0 Å². The summed E-state index contributed by atoms with van der Waals surface area (Å²) >= 11 is 0. The van der Waals surface area contributed by atoms with Gasteiger partial charge in [0.25, 0.3) is 10.2 Å². The van der Waals surface area contributed by atoms with Crippen molar-refractivity contribution in [2.45, 2.75) is 64.0 Å². The molecular weight excluding hydrogens is 262 g/mol. The van der Waals surface area contributed by atoms with Crippen molar-refractivity contribution in [3.8, 4) is 0 Å². The Balaban J connectivity index is 2.20. The molecule has 0 radical (unpaired) electrons. The lowest BCUT2D eigenvalue weighted by molar-refractivity contribution is 0.228. The fourth-order valence-corrected chi connectivity index (χ4v) is 5.36. The zero-order chi connectivity index (χ0) is 13.9. The second-order valence-electron chi connectivity index (χ2n) is 5.81. The molecule has 2 saturated heterocycles. The molecule has 6 heteroatoms. The number of piperidine rings is 1. The molecule has 2 unspecified atom stereocenters. The molecule has 2 aliphatic heterocycles. The molecule has 2 heterocycles. The summed E-state index contributed by atoms with van der Waals surface area (Å²) in [7, 11) is -3.33. The second kappa shape index (κ2) is 6.52. The largest absolute Gasteiger partial charge is 0.329 e. The Morgan fingerprint density at radius 2 is 1.63 bits per heavy atom. The van der Waals surface area contributed by atoms with Crippen molar-refractivity contribution in [3.63, 3.8) is 0 Å². The van der Waals surface area contributed by atoms with Crippen LogP contribution in [0.3, 0.4) is 0 Å². The molecule has 2 fully saturated rings. The van der Waals surface area contributed by atoms with Crippen molar-refractivity contribution in [1.29, 1.82) is 0 Å². The molecule has 5 nitrogen and oxygen atoms in total. The summed E-state index contributed by atoms with van der Waals surface area (Å²) in [6.07, 6.45) is 7.13. The monoisotopic (exact) mass is 289 g/mol. The first-order chi connectivity index (χ1) is 9.07. The Bertz CT molecular complexity index is 385. The van der Waals surface area contributed by atoms with Gasteiger partial charge >= 0.3 is 0 Å². The van der Waals surface area contributed by atoms with Gasteiger partial charge in [-0.2, -0.15) is 17.0 Å². The summed E-state index contributed by atoms with van der Waals surface area (Å²) in [5.41, 5.74) is 5.80. The van der Waals surface area contributed by atoms with Crippen molar-refractivity contribution in [3.05, 3.63) is 0 Å². The average molecular weight is 289 g/mol. The first-order valence-corrected chi connectivity index (χ1v) is 8.95. The number of hydrogen-bond donors (Lipinski definition) is 1. The molecule has 2 N–H and O–H groups in total. The normalized spacial score (nSPS) is 32.1. The SMILES string of the molecule is CC1CCCCN1S(=O)(=O)N1CCCCCC1CN. The van der Waals surface area contributed by atoms with E-state index in [2.05, 4.69) is 0 Å². The van der Waals surface area contributed by atoms with E-state index in [0.29, 0.717) is 19.6 Å². The van der Waals surface area contributed by atoms with Crippen molar-refractivity contribution in [1.82, 2.24) is 8.61 Å². The van der Waals surface area contributed by atoms with Crippen molar-refractivity contribution in [2.75, 3.05) is 19.6 Å². The Kier molecular flexibility index (Phi) is 5.22. The topological polar surface area (TPSA) is 66.6 Å². The van der Waals surface area contributed by atoms with Gasteiger partial charge in [0.15, 0.2) is 0 Å². The molecule has 2 aliphatic rings. The van der Waals surface area contributed by atoms with E-state index in [0.717, 1.165) is 44.9 Å². The number of rotatable bonds is 3. The van der Waals surface area contributed by atoms with Gasteiger partial charge in [-0.05, 0) is 32.6 Å². The number of nitrogens with two attached hydrogens (primary N) is 1. The maximum absolute atomic E-state index is 12.9. The van der Waals surface area contributed by atoms with E-state index in [1.807, 2.05) is 6.92 Å². The van der Waals surface area contributed by atoms with Crippen LogP contribution in [0, 0.1) is 0 Å². The highest BCUT2D eigenvalue weighted by Gasteiger charge is 2.38. The van der Waals surface area contributed by atoms with Crippen LogP contribution in [0.4, 0.5) is 0 Å². The summed E-state index contributed by atoms with van der Waals surface area (Å²) < 4.78 is 29.1. The van der Waals surface area contributed by atoms with Gasteiger partial charge in [-0.1, -0.05) is 19.3 Å². The second-order valence-corrected chi connectivity index (χ2v) is 7.65. The van der Waals surface area contributed by atoms with Crippen molar-refractivity contribution >= 4 is 10.2 Å². The van der Waals surface area contributed by atoms with Gasteiger partial charge in [-0.15, -0.1) is 0 Å². The van der Waals surface area contributed by atoms with E-state index in [-0.39, 0.29) is 12.1 Å². The molecular formula is C13H27N3O2S. The van der Waals surface area contributed by atoms with E-state index >= 15 is 0 Å². The van der Waals surface area contributed by atoms with Crippen LogP contribution < -0.4 is 5.73 Å². The maximum Gasteiger partial charge on any atom is 0.282 e. The lowest BCUT2D eigenvalue weighted by Crippen LogP contribution is -2.54. The zero-order valence-corrected chi connectivity index (χ0v) is 12.7. The molecule has 0 spiro atoms. The summed E-state index contributed by atoms with van der Waals surface area (Å²) in [5.74, 6) is 0. The summed E-state index contributed by atoms with van der Waals surface area (Å²) in [6, 6.07) is 0.113. The fourth-order valence-electron chi connectivity index (χ4n) is 3.24. The van der Waals surface area contributed by atoms with Crippen LogP contribution in [-0.4, -0.2) is 48.7 Å². The summed E-state index contributed by atoms with van der Waals surface area (Å²) in [6.45, 7) is 3.75. The molecule has 0 aliphatic carbocycles. The van der Waals surface area contributed by atoms with Gasteiger partial charge < -0.3 is 5.73 Å². The maximum atomic E-state index is 12.9. The van der Waals surface area contributed by atoms with Gasteiger partial charge in [-0.3, -0.25) is 0 Å². The van der Waals surface area contributed by atoms with Crippen LogP contribution in [-0.2, 0) is 10.2 Å². The zero-order valence-electron chi connectivity index (χ0n) is 11.9. The van der Waals surface area contributed by atoms with Crippen LogP contribution in [0.1, 0.15) is 51.9 Å². The van der Waals surface area contributed by atoms with Crippen LogP contribution in [0.15, 0.2) is 0 Å². The van der Waals surface area contributed by atoms with Crippen LogP contribution in [0.25, 0.3) is 0 Å². The standard InChI is InChI=1S/C13H27N3O2S/c1-12-7-4-6-9-15(12)19(17,18)16-10-5-2-3-8-13(16)11-14/h12-13H,2-11,14H2,1H3. The number of nitrogens with zero attached hydrogens (tertiary/aromatic N) is 2. The van der Waals surface area contributed by atoms with E-state index in [1.54, 1.807) is 8.61 Å². The van der Waals surface area contributed by atoms with Crippen LogP contribution in [0.2, 0.25) is 0 Å². The molecule has 0 amide bonds. The quantitative estimate of drug-likeness (QED) is 0.852. The Labute approximate surface area is 117 Å². The van der Waals surface area contributed by atoms with Crippen LogP contribution >= 0.6 is 0 Å². The Morgan fingerprint density at radius 3 is 2.32 bits per heavy atom. The Morgan fingerprint density at radius 1 is 1.00 bits per heavy atom. The number of hydrogen-bond acceptors (Lipinski definition) is 3. The van der Waals surface area contributed by atoms with Gasteiger partial charge in [0.2, 0.25) is 0 Å². The summed E-state index contributed by atoms with van der Waals surface area (Å²) in [5, 5.41) is 0. The highest BCUT2D eigenvalue weighted by Crippen LogP contribution is 2.26. The molecule has 0 aromatic heterocycles. The molecule has 0 saturated carbocycles. The summed E-state index contributed by atoms with van der Waals surface area (Å²) in [4.78, 5) is 0. The molecule has 112 valence electrons. The highest BCUT2D eigenvalue weighted by molar-refractivity contribution is 7.86. The van der Waals surface area contributed by atoms with Gasteiger partial charge in [0, 0.05) is 31.7 Å². The molecule has 2 rings (SSSR count). The van der Waals surface area contributed by atoms with E-state index in [4.69, 9.17) is 5.73 Å². The van der Waals surface area contributed by atoms with Gasteiger partial charge in [-0.25, -0.2) is 0 Å². The van der Waals surface area contributed by atoms with Gasteiger partial charge in [0.1, 0.15) is 0 Å². The fraction of sp³-hybridized carbons (Fsp3) is 1.00. The minimum atomic E-state index is -3.33. The highest BCUT2D eigenvalue weighted by atomic mass is 32.2. The van der Waals surface area contributed by atoms with Gasteiger partial charge in [0.05, 0.1) is 0 Å². The van der Waals surface area contributed by atoms with E-state index in [1.165, 1.54) is 0 Å². The lowest BCUT2D eigenvalue weighted by atomic mass is 10.1. The molecule has 0 aromatic rings. The van der Waals surface area contributed by atoms with Crippen molar-refractivity contribution < 1.29 is 8.42 Å². The third-order valence-corrected chi connectivity index (χ3v) is 6.64. The minimum absolute atomic E-state index is 0.0124. The molecule has 0 bridgehead atoms. The Hall–Kier alpha value is -0.170. The lowest BCUT2D eigenvalue weighted by Gasteiger charge is -2.38. The predicted octanol–water partition coefficient (Wildman–Crippen LogP) is 1.31. The first-order valence-electron chi connectivity index (χ1n) is 7.56. The van der Waals surface area contributed by atoms with Crippen molar-refractivity contribution in [2.24, 2.45) is 5.73 Å². The predicted molar refractivity (Wildman–Crippen MR) is 77.0 cm³/mol. The van der Waals surface area contributed by atoms with E-state index < -0.39 is 10.2 Å². The first kappa shape index (κ1) is 15.2. The third-order valence-electron chi connectivity index (χ3n) is 4.43.